The molecule has 0 aromatic heterocycles. The average Bonchev–Trinajstić information content (AvgIpc) is 2.43. The van der Waals surface area contributed by atoms with Gasteiger partial charge in [0.15, 0.2) is 5.96 Å². The fourth-order valence-electron chi connectivity index (χ4n) is 2.50. The van der Waals surface area contributed by atoms with Crippen LogP contribution in [0, 0.1) is 5.92 Å². The van der Waals surface area contributed by atoms with Crippen LogP contribution < -0.4 is 10.6 Å². The summed E-state index contributed by atoms with van der Waals surface area (Å²) >= 11 is 0. The lowest BCUT2D eigenvalue weighted by Crippen LogP contribution is -2.47. The van der Waals surface area contributed by atoms with Gasteiger partial charge in [0, 0.05) is 32.2 Å². The molecule has 4 heteroatoms. The van der Waals surface area contributed by atoms with Gasteiger partial charge >= 0.3 is 0 Å². The van der Waals surface area contributed by atoms with E-state index in [-0.39, 0.29) is 0 Å². The minimum atomic E-state index is 0.477. The van der Waals surface area contributed by atoms with Crippen LogP contribution in [0.25, 0.3) is 0 Å². The summed E-state index contributed by atoms with van der Waals surface area (Å²) in [5.74, 6) is 1.68. The van der Waals surface area contributed by atoms with Gasteiger partial charge in [0.1, 0.15) is 0 Å². The number of nitrogens with one attached hydrogen (secondary N) is 2. The lowest BCUT2D eigenvalue weighted by atomic mass is 9.97. The standard InChI is InChI=1S/C15H32N4/c1-6-13(4)18-15(16-5)17-10-14-8-7-9-19(11-14)12(2)3/h12-14H,6-11H2,1-5H3,(H2,16,17,18). The molecule has 1 heterocycles. The van der Waals surface area contributed by atoms with Gasteiger partial charge in [-0.15, -0.1) is 0 Å². The molecule has 0 amide bonds. The Morgan fingerprint density at radius 3 is 2.68 bits per heavy atom. The van der Waals surface area contributed by atoms with E-state index in [1.165, 1.54) is 25.9 Å². The first-order valence-corrected chi connectivity index (χ1v) is 7.78. The van der Waals surface area contributed by atoms with Crippen molar-refractivity contribution in [3.63, 3.8) is 0 Å². The molecule has 4 nitrogen and oxygen atoms in total. The summed E-state index contributed by atoms with van der Waals surface area (Å²) in [5.41, 5.74) is 0. The fraction of sp³-hybridized carbons (Fsp3) is 0.933. The van der Waals surface area contributed by atoms with E-state index in [0.29, 0.717) is 12.1 Å². The van der Waals surface area contributed by atoms with Crippen LogP contribution in [0.5, 0.6) is 0 Å². The van der Waals surface area contributed by atoms with E-state index < -0.39 is 0 Å². The first-order valence-electron chi connectivity index (χ1n) is 7.78. The van der Waals surface area contributed by atoms with Crippen molar-refractivity contribution in [1.29, 1.82) is 0 Å². The molecule has 2 unspecified atom stereocenters. The first kappa shape index (κ1) is 16.3. The quantitative estimate of drug-likeness (QED) is 0.592. The van der Waals surface area contributed by atoms with Crippen LogP contribution in [-0.2, 0) is 0 Å². The second-order valence-electron chi connectivity index (χ2n) is 6.00. The zero-order valence-electron chi connectivity index (χ0n) is 13.4. The van der Waals surface area contributed by atoms with E-state index in [1.54, 1.807) is 0 Å². The van der Waals surface area contributed by atoms with Crippen LogP contribution in [0.2, 0.25) is 0 Å². The lowest BCUT2D eigenvalue weighted by molar-refractivity contribution is 0.141. The highest BCUT2D eigenvalue weighted by molar-refractivity contribution is 5.79. The van der Waals surface area contributed by atoms with Crippen molar-refractivity contribution in [3.8, 4) is 0 Å². The van der Waals surface area contributed by atoms with Gasteiger partial charge in [0.2, 0.25) is 0 Å². The minimum Gasteiger partial charge on any atom is -0.356 e. The monoisotopic (exact) mass is 268 g/mol. The maximum atomic E-state index is 4.30. The van der Waals surface area contributed by atoms with Gasteiger partial charge in [0.25, 0.3) is 0 Å². The highest BCUT2D eigenvalue weighted by Gasteiger charge is 2.21. The van der Waals surface area contributed by atoms with Gasteiger partial charge in [-0.2, -0.15) is 0 Å². The second-order valence-corrected chi connectivity index (χ2v) is 6.00. The summed E-state index contributed by atoms with van der Waals surface area (Å²) in [4.78, 5) is 6.88. The smallest absolute Gasteiger partial charge is 0.191 e. The molecule has 19 heavy (non-hydrogen) atoms. The highest BCUT2D eigenvalue weighted by atomic mass is 15.2. The maximum Gasteiger partial charge on any atom is 0.191 e. The van der Waals surface area contributed by atoms with Crippen molar-refractivity contribution in [2.24, 2.45) is 10.9 Å². The Morgan fingerprint density at radius 2 is 2.11 bits per heavy atom. The number of likely N-dealkylation sites (tertiary alicyclic amines) is 1. The molecule has 1 rings (SSSR count). The molecule has 2 N–H and O–H groups in total. The Bertz CT molecular complexity index is 275. The average molecular weight is 268 g/mol. The van der Waals surface area contributed by atoms with E-state index in [9.17, 15) is 0 Å². The summed E-state index contributed by atoms with van der Waals surface area (Å²) < 4.78 is 0. The highest BCUT2D eigenvalue weighted by Crippen LogP contribution is 2.17. The predicted octanol–water partition coefficient (Wildman–Crippen LogP) is 2.07. The van der Waals surface area contributed by atoms with E-state index in [4.69, 9.17) is 0 Å². The summed E-state index contributed by atoms with van der Waals surface area (Å²) in [5, 5.41) is 6.89. The number of piperidine rings is 1. The zero-order chi connectivity index (χ0) is 14.3. The summed E-state index contributed by atoms with van der Waals surface area (Å²) in [6.45, 7) is 12.5. The van der Waals surface area contributed by atoms with Crippen LogP contribution in [0.1, 0.15) is 47.0 Å². The van der Waals surface area contributed by atoms with Gasteiger partial charge in [-0.25, -0.2) is 0 Å². The number of nitrogens with zero attached hydrogens (tertiary/aromatic N) is 2. The van der Waals surface area contributed by atoms with Crippen molar-refractivity contribution in [3.05, 3.63) is 0 Å². The Labute approximate surface area is 119 Å². The third-order valence-electron chi connectivity index (χ3n) is 4.06. The number of hydrogen-bond donors (Lipinski definition) is 2. The van der Waals surface area contributed by atoms with E-state index >= 15 is 0 Å². The van der Waals surface area contributed by atoms with Crippen molar-refractivity contribution in [2.45, 2.75) is 59.0 Å². The Morgan fingerprint density at radius 1 is 1.37 bits per heavy atom. The van der Waals surface area contributed by atoms with Gasteiger partial charge in [-0.1, -0.05) is 6.92 Å². The van der Waals surface area contributed by atoms with Crippen molar-refractivity contribution < 1.29 is 0 Å². The minimum absolute atomic E-state index is 0.477. The predicted molar refractivity (Wildman–Crippen MR) is 83.7 cm³/mol. The van der Waals surface area contributed by atoms with Gasteiger partial charge in [-0.05, 0) is 52.5 Å². The van der Waals surface area contributed by atoms with E-state index in [2.05, 4.69) is 48.2 Å². The third-order valence-corrected chi connectivity index (χ3v) is 4.06. The molecule has 1 saturated heterocycles. The van der Waals surface area contributed by atoms with Gasteiger partial charge in [-0.3, -0.25) is 4.99 Å². The molecule has 0 bridgehead atoms. The van der Waals surface area contributed by atoms with Crippen LogP contribution in [0.4, 0.5) is 0 Å². The zero-order valence-corrected chi connectivity index (χ0v) is 13.4. The van der Waals surface area contributed by atoms with Crippen LogP contribution >= 0.6 is 0 Å². The molecule has 0 aliphatic carbocycles. The number of aliphatic imine (C=N–C) groups is 1. The molecule has 0 radical (unpaired) electrons. The van der Waals surface area contributed by atoms with Crippen molar-refractivity contribution >= 4 is 5.96 Å². The Kier molecular flexibility index (Phi) is 7.21. The van der Waals surface area contributed by atoms with Crippen molar-refractivity contribution in [2.75, 3.05) is 26.7 Å². The number of guanidine groups is 1. The molecular formula is C15H32N4. The van der Waals surface area contributed by atoms with Crippen molar-refractivity contribution in [1.82, 2.24) is 15.5 Å². The van der Waals surface area contributed by atoms with E-state index in [0.717, 1.165) is 24.8 Å². The Hall–Kier alpha value is -0.770. The molecule has 0 aromatic rings. The molecule has 1 aliphatic heterocycles. The SMILES string of the molecule is CCC(C)NC(=NC)NCC1CCCN(C(C)C)C1. The molecule has 0 saturated carbocycles. The first-order chi connectivity index (χ1) is 9.06. The molecule has 0 spiro atoms. The molecule has 0 aromatic carbocycles. The van der Waals surface area contributed by atoms with E-state index in [1.807, 2.05) is 7.05 Å². The Balaban J connectivity index is 2.34. The topological polar surface area (TPSA) is 39.7 Å². The molecule has 2 atom stereocenters. The number of hydrogen-bond acceptors (Lipinski definition) is 2. The number of rotatable bonds is 5. The maximum absolute atomic E-state index is 4.30. The summed E-state index contributed by atoms with van der Waals surface area (Å²) in [6, 6.07) is 1.14. The lowest BCUT2D eigenvalue weighted by Gasteiger charge is -2.35. The molecule has 1 fully saturated rings. The summed E-state index contributed by atoms with van der Waals surface area (Å²) in [7, 11) is 1.85. The third kappa shape index (κ3) is 5.81. The summed E-state index contributed by atoms with van der Waals surface area (Å²) in [6.07, 6.45) is 3.77. The second kappa shape index (κ2) is 8.41. The van der Waals surface area contributed by atoms with Crippen LogP contribution in [0.3, 0.4) is 0 Å². The van der Waals surface area contributed by atoms with Gasteiger partial charge < -0.3 is 15.5 Å². The fourth-order valence-corrected chi connectivity index (χ4v) is 2.50. The van der Waals surface area contributed by atoms with Gasteiger partial charge in [0.05, 0.1) is 0 Å². The molecule has 112 valence electrons. The van der Waals surface area contributed by atoms with Crippen LogP contribution in [0.15, 0.2) is 4.99 Å². The molecule has 1 aliphatic rings. The molecular weight excluding hydrogens is 236 g/mol. The normalized spacial score (nSPS) is 23.5. The van der Waals surface area contributed by atoms with Crippen LogP contribution in [-0.4, -0.2) is 49.6 Å². The largest absolute Gasteiger partial charge is 0.356 e.